The molecule has 3 aromatic rings. The van der Waals surface area contributed by atoms with E-state index in [1.54, 1.807) is 0 Å². The Bertz CT molecular complexity index is 947. The summed E-state index contributed by atoms with van der Waals surface area (Å²) < 4.78 is 4.93. The van der Waals surface area contributed by atoms with Gasteiger partial charge in [-0.25, -0.2) is 0 Å². The lowest BCUT2D eigenvalue weighted by molar-refractivity contribution is -0.141. The molecule has 3 heteroatoms. The summed E-state index contributed by atoms with van der Waals surface area (Å²) in [5.41, 5.74) is 4.02. The van der Waals surface area contributed by atoms with Gasteiger partial charge >= 0.3 is 5.97 Å². The molecule has 1 aliphatic heterocycles. The molecule has 0 spiro atoms. The molecule has 0 amide bonds. The second kappa shape index (κ2) is 5.38. The molecule has 0 radical (unpaired) electrons. The van der Waals surface area contributed by atoms with Crippen molar-refractivity contribution < 1.29 is 9.53 Å². The molecule has 1 aliphatic rings. The fourth-order valence-corrected chi connectivity index (χ4v) is 3.61. The zero-order chi connectivity index (χ0) is 16.7. The second-order valence-corrected chi connectivity index (χ2v) is 6.50. The van der Waals surface area contributed by atoms with Crippen molar-refractivity contribution in [2.24, 2.45) is 0 Å². The maximum absolute atomic E-state index is 12.0. The molecule has 0 bridgehead atoms. The van der Waals surface area contributed by atoms with Gasteiger partial charge < -0.3 is 10.1 Å². The summed E-state index contributed by atoms with van der Waals surface area (Å²) in [7, 11) is 1.43. The molecule has 1 heterocycles. The SMILES string of the molecule is COC(=O)CC1(C)Nc2ccccc2-c2cc3ccccc3cc21. The summed E-state index contributed by atoms with van der Waals surface area (Å²) in [6.45, 7) is 2.06. The summed E-state index contributed by atoms with van der Waals surface area (Å²) in [4.78, 5) is 12.0. The Labute approximate surface area is 141 Å². The van der Waals surface area contributed by atoms with Crippen molar-refractivity contribution in [1.82, 2.24) is 0 Å². The third-order valence-corrected chi connectivity index (χ3v) is 4.83. The van der Waals surface area contributed by atoms with Crippen molar-refractivity contribution in [3.05, 3.63) is 66.2 Å². The van der Waals surface area contributed by atoms with Gasteiger partial charge in [0.15, 0.2) is 0 Å². The lowest BCUT2D eigenvalue weighted by Gasteiger charge is -2.38. The number of anilines is 1. The van der Waals surface area contributed by atoms with Crippen LogP contribution >= 0.6 is 0 Å². The Morgan fingerprint density at radius 1 is 1.00 bits per heavy atom. The third-order valence-electron chi connectivity index (χ3n) is 4.83. The Balaban J connectivity index is 1.99. The van der Waals surface area contributed by atoms with Crippen LogP contribution in [0.15, 0.2) is 60.7 Å². The van der Waals surface area contributed by atoms with Crippen LogP contribution in [0.4, 0.5) is 5.69 Å². The number of hydrogen-bond acceptors (Lipinski definition) is 3. The first kappa shape index (κ1) is 14.8. The maximum atomic E-state index is 12.0. The first-order valence-electron chi connectivity index (χ1n) is 8.08. The number of esters is 1. The van der Waals surface area contributed by atoms with Crippen LogP contribution < -0.4 is 5.32 Å². The van der Waals surface area contributed by atoms with Gasteiger partial charge in [-0.2, -0.15) is 0 Å². The van der Waals surface area contributed by atoms with Gasteiger partial charge in [0, 0.05) is 11.3 Å². The first-order chi connectivity index (χ1) is 11.6. The molecule has 24 heavy (non-hydrogen) atoms. The average molecular weight is 317 g/mol. The maximum Gasteiger partial charge on any atom is 0.308 e. The zero-order valence-corrected chi connectivity index (χ0v) is 13.8. The molecule has 1 atom stereocenters. The van der Waals surface area contributed by atoms with E-state index in [9.17, 15) is 4.79 Å². The summed E-state index contributed by atoms with van der Waals surface area (Å²) in [6.07, 6.45) is 0.281. The number of nitrogens with one attached hydrogen (secondary N) is 1. The highest BCUT2D eigenvalue weighted by atomic mass is 16.5. The second-order valence-electron chi connectivity index (χ2n) is 6.50. The molecule has 120 valence electrons. The minimum absolute atomic E-state index is 0.219. The summed E-state index contributed by atoms with van der Waals surface area (Å²) in [5.74, 6) is -0.219. The van der Waals surface area contributed by atoms with Crippen LogP contribution in [-0.4, -0.2) is 13.1 Å². The van der Waals surface area contributed by atoms with Gasteiger partial charge in [0.05, 0.1) is 19.1 Å². The molecule has 4 rings (SSSR count). The van der Waals surface area contributed by atoms with Gasteiger partial charge in [-0.3, -0.25) is 4.79 Å². The standard InChI is InChI=1S/C21H19NO2/c1-21(13-20(23)24-2)18-12-15-8-4-3-7-14(15)11-17(18)16-9-5-6-10-19(16)22-21/h3-12,22H,13H2,1-2H3. The van der Waals surface area contributed by atoms with Crippen molar-refractivity contribution in [3.8, 4) is 11.1 Å². The van der Waals surface area contributed by atoms with Crippen LogP contribution in [-0.2, 0) is 15.1 Å². The topological polar surface area (TPSA) is 38.3 Å². The average Bonchev–Trinajstić information content (AvgIpc) is 2.60. The van der Waals surface area contributed by atoms with E-state index in [4.69, 9.17) is 4.74 Å². The van der Waals surface area contributed by atoms with Crippen molar-refractivity contribution in [1.29, 1.82) is 0 Å². The minimum Gasteiger partial charge on any atom is -0.469 e. The van der Waals surface area contributed by atoms with Crippen LogP contribution in [0.1, 0.15) is 18.9 Å². The lowest BCUT2D eigenvalue weighted by atomic mass is 9.78. The van der Waals surface area contributed by atoms with Crippen LogP contribution in [0.3, 0.4) is 0 Å². The number of hydrogen-bond donors (Lipinski definition) is 1. The number of rotatable bonds is 2. The third kappa shape index (κ3) is 2.24. The van der Waals surface area contributed by atoms with Gasteiger partial charge in [-0.05, 0) is 47.0 Å². The fourth-order valence-electron chi connectivity index (χ4n) is 3.61. The number of fused-ring (bicyclic) bond motifs is 4. The predicted octanol–water partition coefficient (Wildman–Crippen LogP) is 4.71. The van der Waals surface area contributed by atoms with E-state index in [0.29, 0.717) is 0 Å². The van der Waals surface area contributed by atoms with Crippen LogP contribution in [0.25, 0.3) is 21.9 Å². The first-order valence-corrected chi connectivity index (χ1v) is 8.08. The number of benzene rings is 3. The summed E-state index contributed by atoms with van der Waals surface area (Å²) in [6, 6.07) is 21.0. The lowest BCUT2D eigenvalue weighted by Crippen LogP contribution is -2.37. The Morgan fingerprint density at radius 3 is 2.42 bits per heavy atom. The molecular weight excluding hydrogens is 298 g/mol. The molecular formula is C21H19NO2. The molecule has 1 N–H and O–H groups in total. The molecule has 0 aliphatic carbocycles. The van der Waals surface area contributed by atoms with Gasteiger partial charge in [0.1, 0.15) is 0 Å². The Kier molecular flexibility index (Phi) is 3.31. The highest BCUT2D eigenvalue weighted by Gasteiger charge is 2.36. The normalized spacial score (nSPS) is 18.4. The highest BCUT2D eigenvalue weighted by molar-refractivity contribution is 5.95. The zero-order valence-electron chi connectivity index (χ0n) is 13.8. The molecule has 1 unspecified atom stereocenters. The molecule has 3 aromatic carbocycles. The van der Waals surface area contributed by atoms with Gasteiger partial charge in [-0.1, -0.05) is 42.5 Å². The molecule has 0 aromatic heterocycles. The predicted molar refractivity (Wildman–Crippen MR) is 97.0 cm³/mol. The van der Waals surface area contributed by atoms with Gasteiger partial charge in [0.2, 0.25) is 0 Å². The minimum atomic E-state index is -0.499. The van der Waals surface area contributed by atoms with E-state index >= 15 is 0 Å². The molecule has 3 nitrogen and oxygen atoms in total. The smallest absolute Gasteiger partial charge is 0.308 e. The van der Waals surface area contributed by atoms with E-state index < -0.39 is 5.54 Å². The summed E-state index contributed by atoms with van der Waals surface area (Å²) in [5, 5.41) is 5.94. The van der Waals surface area contributed by atoms with Crippen molar-refractivity contribution >= 4 is 22.4 Å². The van der Waals surface area contributed by atoms with E-state index in [1.807, 2.05) is 18.2 Å². The molecule has 0 fully saturated rings. The van der Waals surface area contributed by atoms with E-state index in [1.165, 1.54) is 29.0 Å². The van der Waals surface area contributed by atoms with Crippen LogP contribution in [0, 0.1) is 0 Å². The summed E-state index contributed by atoms with van der Waals surface area (Å²) >= 11 is 0. The van der Waals surface area contributed by atoms with Crippen molar-refractivity contribution in [2.75, 3.05) is 12.4 Å². The van der Waals surface area contributed by atoms with Crippen molar-refractivity contribution in [3.63, 3.8) is 0 Å². The monoisotopic (exact) mass is 317 g/mol. The Morgan fingerprint density at radius 2 is 1.67 bits per heavy atom. The number of carbonyl (C=O) groups is 1. The van der Waals surface area contributed by atoms with E-state index in [2.05, 4.69) is 54.7 Å². The number of para-hydroxylation sites is 1. The quantitative estimate of drug-likeness (QED) is 0.696. The number of ether oxygens (including phenoxy) is 1. The van der Waals surface area contributed by atoms with Gasteiger partial charge in [-0.15, -0.1) is 0 Å². The number of methoxy groups -OCH3 is 1. The highest BCUT2D eigenvalue weighted by Crippen LogP contribution is 2.46. The van der Waals surface area contributed by atoms with Gasteiger partial charge in [0.25, 0.3) is 0 Å². The fraction of sp³-hybridized carbons (Fsp3) is 0.190. The van der Waals surface area contributed by atoms with E-state index in [0.717, 1.165) is 11.3 Å². The molecule has 0 saturated carbocycles. The largest absolute Gasteiger partial charge is 0.469 e. The van der Waals surface area contributed by atoms with Crippen LogP contribution in [0.5, 0.6) is 0 Å². The Hall–Kier alpha value is -2.81. The van der Waals surface area contributed by atoms with E-state index in [-0.39, 0.29) is 12.4 Å². The van der Waals surface area contributed by atoms with Crippen molar-refractivity contribution in [2.45, 2.75) is 18.9 Å². The molecule has 0 saturated heterocycles. The number of carbonyl (C=O) groups excluding carboxylic acids is 1. The van der Waals surface area contributed by atoms with Crippen LogP contribution in [0.2, 0.25) is 0 Å².